The maximum atomic E-state index is 13.3. The fourth-order valence-electron chi connectivity index (χ4n) is 1.41. The number of fused-ring (bicyclic) bond motifs is 1. The summed E-state index contributed by atoms with van der Waals surface area (Å²) in [5.74, 6) is -1.65. The minimum absolute atomic E-state index is 0.157. The molecular weight excluding hydrogens is 215 g/mol. The molecule has 1 N–H and O–H groups in total. The summed E-state index contributed by atoms with van der Waals surface area (Å²) >= 11 is 0. The largest absolute Gasteiger partial charge is 0.478 e. The number of nitrogens with zero attached hydrogens (tertiary/aromatic N) is 2. The molecule has 82 valence electrons. The second kappa shape index (κ2) is 3.73. The lowest BCUT2D eigenvalue weighted by atomic mass is 10.2. The van der Waals surface area contributed by atoms with Crippen LogP contribution in [0.3, 0.4) is 0 Å². The monoisotopic (exact) mass is 222 g/mol. The summed E-state index contributed by atoms with van der Waals surface area (Å²) in [7, 11) is 0. The minimum atomic E-state index is -2.30. The Hall–Kier alpha value is -2.24. The highest BCUT2D eigenvalue weighted by Gasteiger charge is 2.20. The molecule has 0 aliphatic heterocycles. The molecule has 2 rings (SSSR count). The van der Waals surface area contributed by atoms with E-state index in [4.69, 9.17) is 5.11 Å². The predicted octanol–water partition coefficient (Wildman–Crippen LogP) is 0.949. The van der Waals surface area contributed by atoms with Gasteiger partial charge in [-0.2, -0.15) is 5.10 Å². The molecule has 5 nitrogen and oxygen atoms in total. The van der Waals surface area contributed by atoms with Crippen molar-refractivity contribution in [2.24, 2.45) is 0 Å². The molecule has 1 atom stereocenters. The normalized spacial score (nSPS) is 12.6. The molecule has 1 heterocycles. The van der Waals surface area contributed by atoms with Crippen molar-refractivity contribution in [1.29, 1.82) is 0 Å². The zero-order chi connectivity index (χ0) is 11.7. The van der Waals surface area contributed by atoms with Gasteiger partial charge in [-0.15, -0.1) is 0 Å². The molecule has 0 aliphatic rings. The molecule has 2 aromatic rings. The quantitative estimate of drug-likeness (QED) is 0.821. The van der Waals surface area contributed by atoms with Crippen molar-refractivity contribution in [2.75, 3.05) is 0 Å². The van der Waals surface area contributed by atoms with Crippen molar-refractivity contribution in [3.63, 3.8) is 0 Å². The molecular formula is C10H7FN2O3. The van der Waals surface area contributed by atoms with E-state index in [2.05, 4.69) is 5.10 Å². The van der Waals surface area contributed by atoms with E-state index in [1.807, 2.05) is 0 Å². The Morgan fingerprint density at radius 2 is 2.12 bits per heavy atom. The average Bonchev–Trinajstić information content (AvgIpc) is 2.29. The number of carboxylic acid groups (broad SMARTS) is 1. The van der Waals surface area contributed by atoms with E-state index in [9.17, 15) is 14.0 Å². The second-order valence-electron chi connectivity index (χ2n) is 3.14. The second-order valence-corrected chi connectivity index (χ2v) is 3.14. The van der Waals surface area contributed by atoms with E-state index in [-0.39, 0.29) is 16.3 Å². The molecule has 0 saturated carbocycles. The highest BCUT2D eigenvalue weighted by atomic mass is 19.1. The third-order valence-electron chi connectivity index (χ3n) is 2.13. The predicted molar refractivity (Wildman–Crippen MR) is 53.8 cm³/mol. The fourth-order valence-corrected chi connectivity index (χ4v) is 1.41. The Morgan fingerprint density at radius 1 is 1.44 bits per heavy atom. The highest BCUT2D eigenvalue weighted by Crippen LogP contribution is 2.14. The number of carboxylic acids is 1. The Kier molecular flexibility index (Phi) is 2.40. The van der Waals surface area contributed by atoms with Crippen LogP contribution in [0, 0.1) is 0 Å². The van der Waals surface area contributed by atoms with Crippen LogP contribution in [0.1, 0.15) is 6.30 Å². The Balaban J connectivity index is 2.77. The van der Waals surface area contributed by atoms with E-state index in [1.165, 1.54) is 12.1 Å². The molecule has 0 aliphatic carbocycles. The number of aromatic nitrogens is 2. The van der Waals surface area contributed by atoms with Crippen molar-refractivity contribution in [3.05, 3.63) is 40.7 Å². The Bertz CT molecular complexity index is 608. The number of benzene rings is 1. The molecule has 1 aromatic heterocycles. The molecule has 16 heavy (non-hydrogen) atoms. The third kappa shape index (κ3) is 1.54. The van der Waals surface area contributed by atoms with Crippen LogP contribution >= 0.6 is 0 Å². The molecule has 0 spiro atoms. The number of alkyl halides is 1. The van der Waals surface area contributed by atoms with Gasteiger partial charge in [-0.05, 0) is 12.1 Å². The van der Waals surface area contributed by atoms with Gasteiger partial charge in [0.25, 0.3) is 6.30 Å². The van der Waals surface area contributed by atoms with Gasteiger partial charge in [0.15, 0.2) is 0 Å². The number of hydrogen-bond donors (Lipinski definition) is 1. The Labute approximate surface area is 88.7 Å². The van der Waals surface area contributed by atoms with Crippen LogP contribution in [0.25, 0.3) is 10.9 Å². The van der Waals surface area contributed by atoms with Gasteiger partial charge >= 0.3 is 5.97 Å². The first kappa shape index (κ1) is 10.3. The topological polar surface area (TPSA) is 72.2 Å². The van der Waals surface area contributed by atoms with Crippen molar-refractivity contribution in [3.8, 4) is 0 Å². The van der Waals surface area contributed by atoms with Crippen molar-refractivity contribution in [2.45, 2.75) is 6.30 Å². The highest BCUT2D eigenvalue weighted by molar-refractivity contribution is 5.80. The lowest BCUT2D eigenvalue weighted by molar-refractivity contribution is -0.146. The number of para-hydroxylation sites is 1. The van der Waals surface area contributed by atoms with Gasteiger partial charge in [0.05, 0.1) is 11.7 Å². The van der Waals surface area contributed by atoms with Gasteiger partial charge < -0.3 is 5.11 Å². The molecule has 0 fully saturated rings. The summed E-state index contributed by atoms with van der Waals surface area (Å²) in [6, 6.07) is 6.13. The van der Waals surface area contributed by atoms with E-state index >= 15 is 0 Å². The number of halogens is 1. The fraction of sp³-hybridized carbons (Fsp3) is 0.100. The molecule has 0 radical (unpaired) electrons. The summed E-state index contributed by atoms with van der Waals surface area (Å²) in [5.41, 5.74) is -0.214. The van der Waals surface area contributed by atoms with E-state index in [0.29, 0.717) is 4.68 Å². The summed E-state index contributed by atoms with van der Waals surface area (Å²) in [6.07, 6.45) is -1.40. The molecule has 1 unspecified atom stereocenters. The first-order chi connectivity index (χ1) is 7.61. The third-order valence-corrected chi connectivity index (χ3v) is 2.13. The lowest BCUT2D eigenvalue weighted by Crippen LogP contribution is -2.20. The Morgan fingerprint density at radius 3 is 2.81 bits per heavy atom. The van der Waals surface area contributed by atoms with Crippen LogP contribution in [0.5, 0.6) is 0 Å². The molecule has 6 heteroatoms. The average molecular weight is 222 g/mol. The molecule has 0 bridgehead atoms. The summed E-state index contributed by atoms with van der Waals surface area (Å²) in [4.78, 5) is 21.9. The van der Waals surface area contributed by atoms with Crippen LogP contribution in [0.15, 0.2) is 35.3 Å². The van der Waals surface area contributed by atoms with Crippen LogP contribution < -0.4 is 5.43 Å². The maximum absolute atomic E-state index is 13.3. The molecule has 0 saturated heterocycles. The van der Waals surface area contributed by atoms with Crippen molar-refractivity contribution in [1.82, 2.24) is 9.78 Å². The van der Waals surface area contributed by atoms with Crippen LogP contribution in [0.2, 0.25) is 0 Å². The van der Waals surface area contributed by atoms with Gasteiger partial charge in [0.2, 0.25) is 5.43 Å². The summed E-state index contributed by atoms with van der Waals surface area (Å²) in [5, 5.41) is 12.3. The minimum Gasteiger partial charge on any atom is -0.478 e. The number of aliphatic carboxylic acids is 1. The smallest absolute Gasteiger partial charge is 0.361 e. The molecule has 1 aromatic carbocycles. The summed E-state index contributed by atoms with van der Waals surface area (Å²) in [6.45, 7) is 0. The van der Waals surface area contributed by atoms with Crippen LogP contribution in [-0.2, 0) is 4.79 Å². The van der Waals surface area contributed by atoms with Crippen molar-refractivity contribution >= 4 is 16.9 Å². The standard InChI is InChI=1S/C10H7FN2O3/c11-9(10(15)16)13-7-4-2-1-3-6(7)8(14)5-12-13/h1-5,9H,(H,15,16). The summed E-state index contributed by atoms with van der Waals surface area (Å²) < 4.78 is 14.0. The van der Waals surface area contributed by atoms with Gasteiger partial charge in [0.1, 0.15) is 0 Å². The van der Waals surface area contributed by atoms with Gasteiger partial charge in [0, 0.05) is 5.39 Å². The maximum Gasteiger partial charge on any atom is 0.361 e. The lowest BCUT2D eigenvalue weighted by Gasteiger charge is -2.09. The van der Waals surface area contributed by atoms with E-state index in [1.54, 1.807) is 12.1 Å². The number of rotatable bonds is 2. The van der Waals surface area contributed by atoms with Gasteiger partial charge in [-0.3, -0.25) is 4.79 Å². The zero-order valence-electron chi connectivity index (χ0n) is 8.00. The zero-order valence-corrected chi connectivity index (χ0v) is 8.00. The first-order valence-corrected chi connectivity index (χ1v) is 4.44. The van der Waals surface area contributed by atoms with Crippen molar-refractivity contribution < 1.29 is 14.3 Å². The van der Waals surface area contributed by atoms with Gasteiger partial charge in [-0.25, -0.2) is 13.9 Å². The molecule has 0 amide bonds. The number of hydrogen-bond acceptors (Lipinski definition) is 3. The SMILES string of the molecule is O=C(O)C(F)n1ncc(=O)c2ccccc21. The van der Waals surface area contributed by atoms with Crippen LogP contribution in [-0.4, -0.2) is 20.9 Å². The first-order valence-electron chi connectivity index (χ1n) is 4.44. The van der Waals surface area contributed by atoms with Crippen LogP contribution in [0.4, 0.5) is 4.39 Å². The van der Waals surface area contributed by atoms with E-state index in [0.717, 1.165) is 6.20 Å². The van der Waals surface area contributed by atoms with Gasteiger partial charge in [-0.1, -0.05) is 12.1 Å². The number of carbonyl (C=O) groups is 1. The van der Waals surface area contributed by atoms with E-state index < -0.39 is 12.3 Å².